The monoisotopic (exact) mass is 321 g/mol. The molecule has 0 aromatic heterocycles. The first-order valence-corrected chi connectivity index (χ1v) is 8.99. The van der Waals surface area contributed by atoms with Crippen LogP contribution < -0.4 is 9.47 Å². The molecule has 1 atom stereocenters. The first-order valence-electron chi connectivity index (χ1n) is 7.83. The fourth-order valence-electron chi connectivity index (χ4n) is 3.25. The number of fused-ring (bicyclic) bond motifs is 1. The number of nitrogens with zero attached hydrogens (tertiary/aromatic N) is 1. The standard InChI is InChI=1S/C17H23NO3S/c1-18(14-6-8-22-9-7-14)17(19)13-10-12-4-3-5-15(20-2)16(12)21-11-13/h3-5,13-14H,6-11H2,1-2H3. The van der Waals surface area contributed by atoms with E-state index in [1.165, 1.54) is 0 Å². The molecule has 1 unspecified atom stereocenters. The number of hydrogen-bond donors (Lipinski definition) is 0. The van der Waals surface area contributed by atoms with E-state index in [-0.39, 0.29) is 11.8 Å². The van der Waals surface area contributed by atoms with E-state index in [2.05, 4.69) is 0 Å². The fourth-order valence-corrected chi connectivity index (χ4v) is 4.34. The van der Waals surface area contributed by atoms with E-state index in [4.69, 9.17) is 9.47 Å². The number of para-hydroxylation sites is 1. The van der Waals surface area contributed by atoms with Crippen LogP contribution in [0.5, 0.6) is 11.5 Å². The average molecular weight is 321 g/mol. The van der Waals surface area contributed by atoms with Crippen LogP contribution in [0.3, 0.4) is 0 Å². The number of rotatable bonds is 3. The van der Waals surface area contributed by atoms with Gasteiger partial charge in [-0.1, -0.05) is 12.1 Å². The second kappa shape index (κ2) is 6.82. The maximum atomic E-state index is 12.8. The van der Waals surface area contributed by atoms with Crippen molar-refractivity contribution in [3.8, 4) is 11.5 Å². The molecule has 0 N–H and O–H groups in total. The van der Waals surface area contributed by atoms with Gasteiger partial charge in [0.25, 0.3) is 0 Å². The highest BCUT2D eigenvalue weighted by Gasteiger charge is 2.32. The third-order valence-electron chi connectivity index (χ3n) is 4.61. The van der Waals surface area contributed by atoms with Gasteiger partial charge in [0.05, 0.1) is 13.0 Å². The molecule has 4 nitrogen and oxygen atoms in total. The van der Waals surface area contributed by atoms with Crippen molar-refractivity contribution in [2.75, 3.05) is 32.3 Å². The molecule has 0 spiro atoms. The summed E-state index contributed by atoms with van der Waals surface area (Å²) in [5, 5.41) is 0. The second-order valence-electron chi connectivity index (χ2n) is 5.95. The van der Waals surface area contributed by atoms with E-state index in [1.807, 2.05) is 41.9 Å². The molecule has 3 rings (SSSR count). The van der Waals surface area contributed by atoms with Crippen molar-refractivity contribution in [2.24, 2.45) is 5.92 Å². The zero-order chi connectivity index (χ0) is 15.5. The van der Waals surface area contributed by atoms with Gasteiger partial charge in [-0.2, -0.15) is 11.8 Å². The summed E-state index contributed by atoms with van der Waals surface area (Å²) < 4.78 is 11.2. The van der Waals surface area contributed by atoms with Crippen molar-refractivity contribution in [1.29, 1.82) is 0 Å². The molecule has 2 aliphatic rings. The van der Waals surface area contributed by atoms with E-state index < -0.39 is 0 Å². The molecule has 22 heavy (non-hydrogen) atoms. The molecule has 1 fully saturated rings. The Bertz CT molecular complexity index is 543. The number of ether oxygens (including phenoxy) is 2. The number of benzene rings is 1. The molecule has 0 bridgehead atoms. The Morgan fingerprint density at radius 2 is 2.14 bits per heavy atom. The van der Waals surface area contributed by atoms with E-state index >= 15 is 0 Å². The van der Waals surface area contributed by atoms with Gasteiger partial charge in [-0.15, -0.1) is 0 Å². The summed E-state index contributed by atoms with van der Waals surface area (Å²) in [4.78, 5) is 14.7. The first kappa shape index (κ1) is 15.5. The molecular weight excluding hydrogens is 298 g/mol. The lowest BCUT2D eigenvalue weighted by Gasteiger charge is -2.35. The molecular formula is C17H23NO3S. The lowest BCUT2D eigenvalue weighted by atomic mass is 9.94. The van der Waals surface area contributed by atoms with Gasteiger partial charge in [0.2, 0.25) is 5.91 Å². The van der Waals surface area contributed by atoms with Gasteiger partial charge in [0.15, 0.2) is 11.5 Å². The Balaban J connectivity index is 1.69. The van der Waals surface area contributed by atoms with Crippen LogP contribution >= 0.6 is 11.8 Å². The minimum atomic E-state index is -0.0841. The molecule has 2 heterocycles. The van der Waals surface area contributed by atoms with Crippen LogP contribution in [0.15, 0.2) is 18.2 Å². The highest BCUT2D eigenvalue weighted by atomic mass is 32.2. The minimum absolute atomic E-state index is 0.0841. The Labute approximate surface area is 136 Å². The van der Waals surface area contributed by atoms with Gasteiger partial charge in [0.1, 0.15) is 6.61 Å². The van der Waals surface area contributed by atoms with E-state index in [9.17, 15) is 4.79 Å². The Kier molecular flexibility index (Phi) is 4.81. The third kappa shape index (κ3) is 3.05. The number of hydrogen-bond acceptors (Lipinski definition) is 4. The average Bonchev–Trinajstić information content (AvgIpc) is 2.60. The van der Waals surface area contributed by atoms with Crippen molar-refractivity contribution in [3.05, 3.63) is 23.8 Å². The van der Waals surface area contributed by atoms with Crippen LogP contribution in [0.25, 0.3) is 0 Å². The van der Waals surface area contributed by atoms with Crippen molar-refractivity contribution in [1.82, 2.24) is 4.90 Å². The van der Waals surface area contributed by atoms with Crippen LogP contribution in [0, 0.1) is 5.92 Å². The zero-order valence-corrected chi connectivity index (χ0v) is 14.0. The fraction of sp³-hybridized carbons (Fsp3) is 0.588. The third-order valence-corrected chi connectivity index (χ3v) is 5.66. The van der Waals surface area contributed by atoms with Gasteiger partial charge >= 0.3 is 0 Å². The molecule has 1 saturated heterocycles. The van der Waals surface area contributed by atoms with Crippen LogP contribution in [0.2, 0.25) is 0 Å². The second-order valence-corrected chi connectivity index (χ2v) is 7.18. The molecule has 1 amide bonds. The number of amides is 1. The van der Waals surface area contributed by atoms with Crippen LogP contribution in [-0.2, 0) is 11.2 Å². The van der Waals surface area contributed by atoms with Gasteiger partial charge in [-0.05, 0) is 42.4 Å². The minimum Gasteiger partial charge on any atom is -0.493 e. The van der Waals surface area contributed by atoms with Gasteiger partial charge < -0.3 is 14.4 Å². The summed E-state index contributed by atoms with van der Waals surface area (Å²) in [6.07, 6.45) is 2.94. The molecule has 1 aromatic carbocycles. The summed E-state index contributed by atoms with van der Waals surface area (Å²) in [5.74, 6) is 3.99. The van der Waals surface area contributed by atoms with Crippen molar-refractivity contribution < 1.29 is 14.3 Å². The zero-order valence-electron chi connectivity index (χ0n) is 13.2. The lowest BCUT2D eigenvalue weighted by Crippen LogP contribution is -2.45. The van der Waals surface area contributed by atoms with Crippen molar-refractivity contribution in [2.45, 2.75) is 25.3 Å². The molecule has 5 heteroatoms. The largest absolute Gasteiger partial charge is 0.493 e. The maximum Gasteiger partial charge on any atom is 0.229 e. The normalized spacial score (nSPS) is 21.6. The molecule has 2 aliphatic heterocycles. The summed E-state index contributed by atoms with van der Waals surface area (Å²) in [6, 6.07) is 6.26. The Morgan fingerprint density at radius 1 is 1.36 bits per heavy atom. The van der Waals surface area contributed by atoms with Crippen molar-refractivity contribution in [3.63, 3.8) is 0 Å². The Morgan fingerprint density at radius 3 is 2.86 bits per heavy atom. The van der Waals surface area contributed by atoms with Crippen LogP contribution in [0.1, 0.15) is 18.4 Å². The number of carbonyl (C=O) groups excluding carboxylic acids is 1. The SMILES string of the molecule is COc1cccc2c1OCC(C(=O)N(C)C1CCSCC1)C2. The summed E-state index contributed by atoms with van der Waals surface area (Å²) >= 11 is 1.98. The molecule has 1 aromatic rings. The smallest absolute Gasteiger partial charge is 0.229 e. The number of thioether (sulfide) groups is 1. The number of carbonyl (C=O) groups is 1. The topological polar surface area (TPSA) is 38.8 Å². The molecule has 0 radical (unpaired) electrons. The summed E-state index contributed by atoms with van der Waals surface area (Å²) in [5.41, 5.74) is 1.07. The van der Waals surface area contributed by atoms with E-state index in [0.717, 1.165) is 47.8 Å². The predicted octanol–water partition coefficient (Wildman–Crippen LogP) is 2.60. The molecule has 0 aliphatic carbocycles. The molecule has 0 saturated carbocycles. The number of methoxy groups -OCH3 is 1. The van der Waals surface area contributed by atoms with Gasteiger partial charge in [-0.3, -0.25) is 4.79 Å². The first-order chi connectivity index (χ1) is 10.7. The lowest BCUT2D eigenvalue weighted by molar-refractivity contribution is -0.137. The highest BCUT2D eigenvalue weighted by Crippen LogP contribution is 2.36. The summed E-state index contributed by atoms with van der Waals surface area (Å²) in [7, 11) is 3.59. The van der Waals surface area contributed by atoms with Crippen molar-refractivity contribution >= 4 is 17.7 Å². The van der Waals surface area contributed by atoms with Gasteiger partial charge in [0, 0.05) is 13.1 Å². The van der Waals surface area contributed by atoms with E-state index in [1.54, 1.807) is 7.11 Å². The Hall–Kier alpha value is -1.36. The summed E-state index contributed by atoms with van der Waals surface area (Å²) in [6.45, 7) is 0.442. The molecule has 120 valence electrons. The van der Waals surface area contributed by atoms with Crippen LogP contribution in [0.4, 0.5) is 0 Å². The van der Waals surface area contributed by atoms with Crippen LogP contribution in [-0.4, -0.2) is 49.1 Å². The maximum absolute atomic E-state index is 12.8. The quantitative estimate of drug-likeness (QED) is 0.858. The predicted molar refractivity (Wildman–Crippen MR) is 88.8 cm³/mol. The highest BCUT2D eigenvalue weighted by molar-refractivity contribution is 7.99. The van der Waals surface area contributed by atoms with Gasteiger partial charge in [-0.25, -0.2) is 0 Å². The van der Waals surface area contributed by atoms with E-state index in [0.29, 0.717) is 12.6 Å².